The Morgan fingerprint density at radius 3 is 2.34 bits per heavy atom. The number of nitrogens with zero attached hydrogens (tertiary/aromatic N) is 2. The molecule has 0 aromatic heterocycles. The van der Waals surface area contributed by atoms with Crippen LogP contribution in [0, 0.1) is 6.92 Å². The van der Waals surface area contributed by atoms with E-state index in [4.69, 9.17) is 18.9 Å². The third-order valence-electron chi connectivity index (χ3n) is 7.31. The van der Waals surface area contributed by atoms with Crippen LogP contribution in [-0.2, 0) is 20.7 Å². The van der Waals surface area contributed by atoms with E-state index in [2.05, 4.69) is 15.5 Å². The maximum absolute atomic E-state index is 13.5. The first-order valence-electron chi connectivity index (χ1n) is 14.6. The largest absolute Gasteiger partial charge is 0.495 e. The summed E-state index contributed by atoms with van der Waals surface area (Å²) in [6.07, 6.45) is 0.156. The lowest BCUT2D eigenvalue weighted by Gasteiger charge is -2.30. The number of benzene rings is 3. The van der Waals surface area contributed by atoms with Gasteiger partial charge in [-0.15, -0.1) is 0 Å². The fourth-order valence-electron chi connectivity index (χ4n) is 4.75. The van der Waals surface area contributed by atoms with Crippen LogP contribution >= 0.6 is 0 Å². The minimum absolute atomic E-state index is 0.0528. The van der Waals surface area contributed by atoms with Crippen molar-refractivity contribution in [3.8, 4) is 11.5 Å². The van der Waals surface area contributed by atoms with Gasteiger partial charge < -0.3 is 34.5 Å². The molecule has 0 unspecified atom stereocenters. The normalized spacial score (nSPS) is 13.1. The summed E-state index contributed by atoms with van der Waals surface area (Å²) in [5.41, 5.74) is 3.35. The van der Waals surface area contributed by atoms with E-state index in [0.29, 0.717) is 54.7 Å². The van der Waals surface area contributed by atoms with Gasteiger partial charge in [-0.25, -0.2) is 9.59 Å². The van der Waals surface area contributed by atoms with E-state index in [1.165, 1.54) is 14.2 Å². The van der Waals surface area contributed by atoms with Gasteiger partial charge >= 0.3 is 12.0 Å². The van der Waals surface area contributed by atoms with Gasteiger partial charge in [-0.3, -0.25) is 9.69 Å². The van der Waals surface area contributed by atoms with Gasteiger partial charge in [-0.05, 0) is 60.5 Å². The van der Waals surface area contributed by atoms with Crippen molar-refractivity contribution in [3.05, 3.63) is 83.4 Å². The molecular weight excluding hydrogens is 564 g/mol. The SMILES string of the molecule is COC(=O)c1ccc(OCCN(CCN2CCOCC2)C(=O)Cc2ccc(NC(=O)Nc3ccccc3C)c(OC)c2)cc1. The molecule has 1 saturated heterocycles. The quantitative estimate of drug-likeness (QED) is 0.279. The van der Waals surface area contributed by atoms with Crippen molar-refractivity contribution in [2.45, 2.75) is 13.3 Å². The number of nitrogens with one attached hydrogen (secondary N) is 2. The smallest absolute Gasteiger partial charge is 0.337 e. The monoisotopic (exact) mass is 604 g/mol. The van der Waals surface area contributed by atoms with Crippen LogP contribution in [0.3, 0.4) is 0 Å². The third-order valence-corrected chi connectivity index (χ3v) is 7.31. The molecule has 3 amide bonds. The van der Waals surface area contributed by atoms with E-state index in [0.717, 1.165) is 30.8 Å². The Kier molecular flexibility index (Phi) is 12.0. The summed E-state index contributed by atoms with van der Waals surface area (Å²) in [6.45, 7) is 6.88. The topological polar surface area (TPSA) is 119 Å². The molecule has 0 spiro atoms. The minimum atomic E-state index is -0.414. The Hall–Kier alpha value is -4.61. The average Bonchev–Trinajstić information content (AvgIpc) is 3.04. The lowest BCUT2D eigenvalue weighted by molar-refractivity contribution is -0.131. The summed E-state index contributed by atoms with van der Waals surface area (Å²) in [5, 5.41) is 5.67. The van der Waals surface area contributed by atoms with Crippen molar-refractivity contribution in [2.24, 2.45) is 0 Å². The highest BCUT2D eigenvalue weighted by atomic mass is 16.5. The first-order chi connectivity index (χ1) is 21.4. The number of carbonyl (C=O) groups excluding carboxylic acids is 3. The molecule has 1 heterocycles. The first-order valence-corrected chi connectivity index (χ1v) is 14.6. The summed E-state index contributed by atoms with van der Waals surface area (Å²) in [7, 11) is 2.86. The highest BCUT2D eigenvalue weighted by Crippen LogP contribution is 2.26. The number of esters is 1. The van der Waals surface area contributed by atoms with Crippen molar-refractivity contribution in [1.29, 1.82) is 0 Å². The molecule has 11 heteroatoms. The molecule has 3 aromatic rings. The molecule has 0 saturated carbocycles. The van der Waals surface area contributed by atoms with Crippen molar-refractivity contribution >= 4 is 29.3 Å². The highest BCUT2D eigenvalue weighted by Gasteiger charge is 2.19. The zero-order chi connectivity index (χ0) is 31.3. The number of anilines is 2. The van der Waals surface area contributed by atoms with Crippen LogP contribution < -0.4 is 20.1 Å². The van der Waals surface area contributed by atoms with Gasteiger partial charge in [0, 0.05) is 31.9 Å². The number of urea groups is 1. The van der Waals surface area contributed by atoms with E-state index in [1.807, 2.05) is 37.3 Å². The second kappa shape index (κ2) is 16.3. The van der Waals surface area contributed by atoms with Crippen LogP contribution in [0.4, 0.5) is 16.2 Å². The van der Waals surface area contributed by atoms with Crippen molar-refractivity contribution in [2.75, 3.05) is 77.4 Å². The Morgan fingerprint density at radius 2 is 1.64 bits per heavy atom. The molecule has 0 atom stereocenters. The molecule has 2 N–H and O–H groups in total. The zero-order valence-corrected chi connectivity index (χ0v) is 25.5. The Labute approximate surface area is 258 Å². The standard InChI is InChI=1S/C33H40N4O7/c1-24-6-4-5-7-28(24)34-33(40)35-29-13-8-25(22-30(29)41-2)23-31(38)37(15-14-36-16-19-43-20-17-36)18-21-44-27-11-9-26(10-12-27)32(39)42-3/h4-13,22H,14-21,23H2,1-3H3,(H2,34,35,40). The summed E-state index contributed by atoms with van der Waals surface area (Å²) in [4.78, 5) is 41.9. The van der Waals surface area contributed by atoms with Gasteiger partial charge in [0.05, 0.1) is 51.6 Å². The number of hydrogen-bond acceptors (Lipinski definition) is 8. The van der Waals surface area contributed by atoms with Crippen LogP contribution in [0.1, 0.15) is 21.5 Å². The fourth-order valence-corrected chi connectivity index (χ4v) is 4.75. The van der Waals surface area contributed by atoms with E-state index >= 15 is 0 Å². The van der Waals surface area contributed by atoms with E-state index in [-0.39, 0.29) is 18.9 Å². The second-order valence-corrected chi connectivity index (χ2v) is 10.3. The van der Waals surface area contributed by atoms with Crippen LogP contribution in [0.15, 0.2) is 66.7 Å². The first kappa shape index (κ1) is 32.3. The van der Waals surface area contributed by atoms with Crippen LogP contribution in [0.2, 0.25) is 0 Å². The van der Waals surface area contributed by atoms with Gasteiger partial charge in [0.2, 0.25) is 5.91 Å². The number of hydrogen-bond donors (Lipinski definition) is 2. The molecule has 0 bridgehead atoms. The average molecular weight is 605 g/mol. The number of rotatable bonds is 13. The summed E-state index contributed by atoms with van der Waals surface area (Å²) >= 11 is 0. The molecule has 1 aliphatic rings. The van der Waals surface area contributed by atoms with Gasteiger partial charge in [0.25, 0.3) is 0 Å². The van der Waals surface area contributed by atoms with Crippen LogP contribution in [-0.4, -0.2) is 94.5 Å². The maximum atomic E-state index is 13.5. The van der Waals surface area contributed by atoms with Crippen LogP contribution in [0.25, 0.3) is 0 Å². The van der Waals surface area contributed by atoms with Crippen molar-refractivity contribution < 1.29 is 33.3 Å². The van der Waals surface area contributed by atoms with Gasteiger partial charge in [-0.1, -0.05) is 24.3 Å². The Bertz CT molecular complexity index is 1410. The molecule has 44 heavy (non-hydrogen) atoms. The summed E-state index contributed by atoms with van der Waals surface area (Å²) in [6, 6.07) is 19.1. The third kappa shape index (κ3) is 9.45. The molecular formula is C33H40N4O7. The fraction of sp³-hybridized carbons (Fsp3) is 0.364. The van der Waals surface area contributed by atoms with Crippen molar-refractivity contribution in [3.63, 3.8) is 0 Å². The molecule has 11 nitrogen and oxygen atoms in total. The molecule has 234 valence electrons. The number of para-hydroxylation sites is 1. The molecule has 3 aromatic carbocycles. The number of methoxy groups -OCH3 is 2. The molecule has 1 fully saturated rings. The minimum Gasteiger partial charge on any atom is -0.495 e. The molecule has 0 aliphatic carbocycles. The van der Waals surface area contributed by atoms with Gasteiger partial charge in [0.1, 0.15) is 18.1 Å². The van der Waals surface area contributed by atoms with E-state index in [9.17, 15) is 14.4 Å². The number of aryl methyl sites for hydroxylation is 1. The predicted octanol–water partition coefficient (Wildman–Crippen LogP) is 4.22. The number of carbonyl (C=O) groups is 3. The molecule has 4 rings (SSSR count). The van der Waals surface area contributed by atoms with Crippen LogP contribution in [0.5, 0.6) is 11.5 Å². The Balaban J connectivity index is 1.37. The number of amides is 3. The highest BCUT2D eigenvalue weighted by molar-refractivity contribution is 6.01. The summed E-state index contributed by atoms with van der Waals surface area (Å²) in [5.74, 6) is 0.580. The maximum Gasteiger partial charge on any atom is 0.337 e. The Morgan fingerprint density at radius 1 is 0.909 bits per heavy atom. The molecule has 1 aliphatic heterocycles. The van der Waals surface area contributed by atoms with Gasteiger partial charge in [0.15, 0.2) is 0 Å². The van der Waals surface area contributed by atoms with Crippen molar-refractivity contribution in [1.82, 2.24) is 9.80 Å². The van der Waals surface area contributed by atoms with E-state index < -0.39 is 12.0 Å². The lowest BCUT2D eigenvalue weighted by atomic mass is 10.1. The lowest BCUT2D eigenvalue weighted by Crippen LogP contribution is -2.44. The predicted molar refractivity (Wildman–Crippen MR) is 168 cm³/mol. The second-order valence-electron chi connectivity index (χ2n) is 10.3. The number of ether oxygens (including phenoxy) is 4. The van der Waals surface area contributed by atoms with E-state index in [1.54, 1.807) is 41.3 Å². The zero-order valence-electron chi connectivity index (χ0n) is 25.5. The number of morpholine rings is 1. The van der Waals surface area contributed by atoms with Gasteiger partial charge in [-0.2, -0.15) is 0 Å². The summed E-state index contributed by atoms with van der Waals surface area (Å²) < 4.78 is 21.6. The molecule has 0 radical (unpaired) electrons.